The first-order chi connectivity index (χ1) is 20.8. The normalized spacial score (nSPS) is 13.8. The minimum Gasteiger partial charge on any atom is -0.373 e. The fraction of sp³-hybridized carbons (Fsp3) is 0.438. The SMILES string of the molecule is CCCCCCCCOCc1nc2n(n1)/C(=N\c1ccc(N(CC)CC)cc1C)C(S(=O)(=O)Nc1ccccc1)=C2C#N. The lowest BCUT2D eigenvalue weighted by Crippen LogP contribution is -2.24. The van der Waals surface area contributed by atoms with E-state index in [0.29, 0.717) is 23.8 Å². The summed E-state index contributed by atoms with van der Waals surface area (Å²) < 4.78 is 37.3. The summed E-state index contributed by atoms with van der Waals surface area (Å²) in [5, 5.41) is 14.7. The number of nitriles is 1. The van der Waals surface area contributed by atoms with E-state index in [0.717, 1.165) is 37.2 Å². The highest BCUT2D eigenvalue weighted by Crippen LogP contribution is 2.34. The molecule has 0 unspecified atom stereocenters. The van der Waals surface area contributed by atoms with Crippen LogP contribution in [0.25, 0.3) is 5.57 Å². The van der Waals surface area contributed by atoms with Crippen LogP contribution in [0.5, 0.6) is 0 Å². The van der Waals surface area contributed by atoms with E-state index in [-0.39, 0.29) is 28.7 Å². The number of aliphatic imine (C=N–C) groups is 1. The molecule has 0 aliphatic carbocycles. The van der Waals surface area contributed by atoms with Crippen molar-refractivity contribution in [1.29, 1.82) is 5.26 Å². The maximum Gasteiger partial charge on any atom is 0.267 e. The monoisotopic (exact) mass is 603 g/mol. The summed E-state index contributed by atoms with van der Waals surface area (Å²) in [6.07, 6.45) is 6.94. The second-order valence-corrected chi connectivity index (χ2v) is 12.1. The fourth-order valence-electron chi connectivity index (χ4n) is 5.01. The Morgan fingerprint density at radius 2 is 1.74 bits per heavy atom. The second-order valence-electron chi connectivity index (χ2n) is 10.4. The third kappa shape index (κ3) is 7.69. The summed E-state index contributed by atoms with van der Waals surface area (Å²) in [6, 6.07) is 16.4. The number of ether oxygens (including phenoxy) is 1. The third-order valence-corrected chi connectivity index (χ3v) is 8.75. The largest absolute Gasteiger partial charge is 0.373 e. The third-order valence-electron chi connectivity index (χ3n) is 7.32. The number of unbranched alkanes of at least 4 members (excludes halogenated alkanes) is 5. The van der Waals surface area contributed by atoms with Crippen LogP contribution in [0.3, 0.4) is 0 Å². The molecule has 43 heavy (non-hydrogen) atoms. The molecule has 0 saturated carbocycles. The number of benzene rings is 2. The molecule has 11 heteroatoms. The summed E-state index contributed by atoms with van der Waals surface area (Å²) in [5.41, 5.74) is 2.73. The number of hydrogen-bond acceptors (Lipinski definition) is 8. The maximum absolute atomic E-state index is 13.8. The first kappa shape index (κ1) is 31.9. The second kappa shape index (κ2) is 14.9. The van der Waals surface area contributed by atoms with Crippen molar-refractivity contribution in [1.82, 2.24) is 14.8 Å². The van der Waals surface area contributed by atoms with Gasteiger partial charge in [-0.3, -0.25) is 4.72 Å². The van der Waals surface area contributed by atoms with Crippen LogP contribution in [0.4, 0.5) is 17.1 Å². The first-order valence-electron chi connectivity index (χ1n) is 15.0. The van der Waals surface area contributed by atoms with E-state index in [1.807, 2.05) is 25.1 Å². The standard InChI is InChI=1S/C32H41N7O3S/c1-5-8-9-10-11-15-20-42-23-29-35-31-27(22-33)30(43(40,41)37-25-16-13-12-14-17-25)32(39(31)36-29)34-28-19-18-26(21-24(28)4)38(6-2)7-3/h12-14,16-19,21,37H,5-11,15,20,23H2,1-4H3/b34-32-. The minimum atomic E-state index is -4.23. The number of rotatable bonds is 16. The number of nitrogens with one attached hydrogen (secondary N) is 1. The Kier molecular flexibility index (Phi) is 11.1. The maximum atomic E-state index is 13.8. The van der Waals surface area contributed by atoms with Crippen LogP contribution in [-0.4, -0.2) is 48.7 Å². The van der Waals surface area contributed by atoms with Crippen LogP contribution >= 0.6 is 0 Å². The van der Waals surface area contributed by atoms with Crippen molar-refractivity contribution < 1.29 is 13.2 Å². The smallest absolute Gasteiger partial charge is 0.267 e. The van der Waals surface area contributed by atoms with Crippen molar-refractivity contribution in [2.75, 3.05) is 29.3 Å². The molecule has 1 aromatic heterocycles. The number of allylic oxidation sites excluding steroid dienone is 2. The Morgan fingerprint density at radius 3 is 2.42 bits per heavy atom. The van der Waals surface area contributed by atoms with Crippen molar-refractivity contribution >= 4 is 38.5 Å². The Balaban J connectivity index is 1.68. The van der Waals surface area contributed by atoms with E-state index >= 15 is 0 Å². The highest BCUT2D eigenvalue weighted by Gasteiger charge is 2.39. The van der Waals surface area contributed by atoms with Gasteiger partial charge in [0.05, 0.1) is 5.69 Å². The van der Waals surface area contributed by atoms with E-state index in [2.05, 4.69) is 46.5 Å². The van der Waals surface area contributed by atoms with Gasteiger partial charge in [-0.15, -0.1) is 5.10 Å². The number of aromatic nitrogens is 3. The molecule has 228 valence electrons. The van der Waals surface area contributed by atoms with Crippen LogP contribution < -0.4 is 9.62 Å². The van der Waals surface area contributed by atoms with Gasteiger partial charge in [0.1, 0.15) is 18.2 Å². The topological polar surface area (TPSA) is 126 Å². The number of para-hydroxylation sites is 1. The summed E-state index contributed by atoms with van der Waals surface area (Å²) in [5.74, 6) is 0.510. The van der Waals surface area contributed by atoms with Crippen molar-refractivity contribution in [3.05, 3.63) is 70.6 Å². The molecule has 2 heterocycles. The molecule has 0 spiro atoms. The molecular formula is C32H41N7O3S. The predicted octanol–water partition coefficient (Wildman–Crippen LogP) is 6.58. The number of fused-ring (bicyclic) bond motifs is 1. The number of nitrogens with zero attached hydrogens (tertiary/aromatic N) is 6. The van der Waals surface area contributed by atoms with Crippen molar-refractivity contribution in [2.24, 2.45) is 4.99 Å². The van der Waals surface area contributed by atoms with Gasteiger partial charge in [0.15, 0.2) is 22.4 Å². The number of sulfonamides is 1. The van der Waals surface area contributed by atoms with Gasteiger partial charge in [0.2, 0.25) is 0 Å². The molecule has 0 amide bonds. The van der Waals surface area contributed by atoms with Crippen LogP contribution in [-0.2, 0) is 21.4 Å². The zero-order valence-electron chi connectivity index (χ0n) is 25.5. The van der Waals surface area contributed by atoms with Gasteiger partial charge in [-0.1, -0.05) is 57.2 Å². The number of hydrogen-bond donors (Lipinski definition) is 1. The summed E-state index contributed by atoms with van der Waals surface area (Å²) in [4.78, 5) is 11.3. The minimum absolute atomic E-state index is 0.0170. The van der Waals surface area contributed by atoms with Gasteiger partial charge in [-0.05, 0) is 63.1 Å². The first-order valence-corrected chi connectivity index (χ1v) is 16.5. The summed E-state index contributed by atoms with van der Waals surface area (Å²) in [6.45, 7) is 10.8. The van der Waals surface area contributed by atoms with E-state index in [1.54, 1.807) is 30.3 Å². The molecule has 0 atom stereocenters. The molecule has 1 aliphatic heterocycles. The van der Waals surface area contributed by atoms with Gasteiger partial charge in [0, 0.05) is 31.1 Å². The molecule has 3 aromatic rings. The van der Waals surface area contributed by atoms with Crippen LogP contribution in [0, 0.1) is 18.3 Å². The molecule has 1 N–H and O–H groups in total. The van der Waals surface area contributed by atoms with E-state index in [1.165, 1.54) is 30.4 Å². The molecule has 2 aromatic carbocycles. The lowest BCUT2D eigenvalue weighted by molar-refractivity contribution is 0.111. The van der Waals surface area contributed by atoms with E-state index in [4.69, 9.17) is 9.73 Å². The molecule has 10 nitrogen and oxygen atoms in total. The number of aryl methyl sites for hydroxylation is 1. The zero-order chi connectivity index (χ0) is 30.8. The van der Waals surface area contributed by atoms with Gasteiger partial charge in [-0.25, -0.2) is 18.4 Å². The quantitative estimate of drug-likeness (QED) is 0.183. The fourth-order valence-corrected chi connectivity index (χ4v) is 6.34. The molecular weight excluding hydrogens is 562 g/mol. The van der Waals surface area contributed by atoms with Crippen molar-refractivity contribution in [2.45, 2.75) is 72.8 Å². The van der Waals surface area contributed by atoms with Gasteiger partial charge in [0.25, 0.3) is 10.0 Å². The average molecular weight is 604 g/mol. The Hall–Kier alpha value is -4.01. The molecule has 0 saturated heterocycles. The summed E-state index contributed by atoms with van der Waals surface area (Å²) >= 11 is 0. The van der Waals surface area contributed by atoms with Gasteiger partial charge in [-0.2, -0.15) is 9.94 Å². The van der Waals surface area contributed by atoms with Crippen molar-refractivity contribution in [3.63, 3.8) is 0 Å². The Labute approximate surface area is 255 Å². The zero-order valence-corrected chi connectivity index (χ0v) is 26.3. The van der Waals surface area contributed by atoms with Crippen LogP contribution in [0.1, 0.15) is 76.5 Å². The highest BCUT2D eigenvalue weighted by molar-refractivity contribution is 7.97. The molecule has 0 bridgehead atoms. The Bertz CT molecular complexity index is 1600. The molecule has 4 rings (SSSR count). The van der Waals surface area contributed by atoms with Gasteiger partial charge < -0.3 is 9.64 Å². The van der Waals surface area contributed by atoms with Crippen LogP contribution in [0.15, 0.2) is 58.4 Å². The average Bonchev–Trinajstić information content (AvgIpc) is 3.54. The molecule has 0 radical (unpaired) electrons. The lowest BCUT2D eigenvalue weighted by Gasteiger charge is -2.21. The van der Waals surface area contributed by atoms with E-state index < -0.39 is 10.0 Å². The van der Waals surface area contributed by atoms with Gasteiger partial charge >= 0.3 is 0 Å². The predicted molar refractivity (Wildman–Crippen MR) is 172 cm³/mol. The molecule has 0 fully saturated rings. The van der Waals surface area contributed by atoms with E-state index in [9.17, 15) is 13.7 Å². The number of anilines is 2. The lowest BCUT2D eigenvalue weighted by atomic mass is 10.1. The van der Waals surface area contributed by atoms with Crippen LogP contribution in [0.2, 0.25) is 0 Å². The van der Waals surface area contributed by atoms with Crippen molar-refractivity contribution in [3.8, 4) is 6.07 Å². The molecule has 1 aliphatic rings. The Morgan fingerprint density at radius 1 is 1.02 bits per heavy atom. The summed E-state index contributed by atoms with van der Waals surface area (Å²) in [7, 11) is -4.23. The highest BCUT2D eigenvalue weighted by atomic mass is 32.2.